The number of carbonyl (C=O) groups excluding carboxylic acids is 2. The minimum absolute atomic E-state index is 0.0738. The first-order chi connectivity index (χ1) is 17.7. The zero-order chi connectivity index (χ0) is 26.2. The number of aromatic nitrogens is 3. The molecular formula is C28H19F3N4O2. The van der Waals surface area contributed by atoms with Gasteiger partial charge in [0.05, 0.1) is 17.5 Å². The molecule has 0 saturated heterocycles. The van der Waals surface area contributed by atoms with Crippen molar-refractivity contribution in [3.05, 3.63) is 108 Å². The molecular weight excluding hydrogens is 481 g/mol. The maximum Gasteiger partial charge on any atom is 0.416 e. The highest BCUT2D eigenvalue weighted by atomic mass is 19.4. The molecule has 184 valence electrons. The van der Waals surface area contributed by atoms with Crippen molar-refractivity contribution in [2.75, 3.05) is 5.32 Å². The largest absolute Gasteiger partial charge is 0.416 e. The highest BCUT2D eigenvalue weighted by Crippen LogP contribution is 2.31. The molecule has 2 aromatic heterocycles. The van der Waals surface area contributed by atoms with E-state index in [1.54, 1.807) is 53.3 Å². The number of ketones is 1. The topological polar surface area (TPSA) is 76.4 Å². The first kappa shape index (κ1) is 23.9. The third-order valence-electron chi connectivity index (χ3n) is 5.87. The van der Waals surface area contributed by atoms with Gasteiger partial charge < -0.3 is 5.32 Å². The number of halogens is 3. The van der Waals surface area contributed by atoms with Gasteiger partial charge in [-0.2, -0.15) is 18.3 Å². The summed E-state index contributed by atoms with van der Waals surface area (Å²) in [5.41, 5.74) is 3.29. The van der Waals surface area contributed by atoms with Crippen LogP contribution in [-0.4, -0.2) is 26.3 Å². The molecule has 0 aliphatic rings. The third kappa shape index (κ3) is 4.71. The average molecular weight is 500 g/mol. The normalized spacial score (nSPS) is 11.5. The zero-order valence-electron chi connectivity index (χ0n) is 19.5. The number of hydrogen-bond acceptors (Lipinski definition) is 4. The standard InChI is InChI=1S/C28H19F3N4O2/c1-17(36)22-10-2-3-11-23(22)24-16-33-35-25(12-13-32-26(24)35)18-6-5-9-21(15-18)34-27(37)19-7-4-8-20(14-19)28(29,30)31/h2-16H,1H3,(H,34,37). The Morgan fingerprint density at radius 2 is 1.68 bits per heavy atom. The lowest BCUT2D eigenvalue weighted by Gasteiger charge is -2.11. The van der Waals surface area contributed by atoms with Gasteiger partial charge in [0.2, 0.25) is 0 Å². The molecule has 1 amide bonds. The Bertz CT molecular complexity index is 1660. The summed E-state index contributed by atoms with van der Waals surface area (Å²) in [5.74, 6) is -0.736. The van der Waals surface area contributed by atoms with Gasteiger partial charge in [-0.15, -0.1) is 0 Å². The van der Waals surface area contributed by atoms with Gasteiger partial charge in [0, 0.05) is 34.1 Å². The molecule has 0 radical (unpaired) electrons. The Morgan fingerprint density at radius 3 is 2.46 bits per heavy atom. The number of Topliss-reactive ketones (excluding diaryl/α,β-unsaturated/α-hetero) is 1. The number of benzene rings is 3. The molecule has 5 aromatic rings. The lowest BCUT2D eigenvalue weighted by atomic mass is 9.99. The van der Waals surface area contributed by atoms with Crippen LogP contribution in [0.25, 0.3) is 28.0 Å². The number of hydrogen-bond donors (Lipinski definition) is 1. The highest BCUT2D eigenvalue weighted by Gasteiger charge is 2.31. The lowest BCUT2D eigenvalue weighted by molar-refractivity contribution is -0.137. The first-order valence-electron chi connectivity index (χ1n) is 11.2. The summed E-state index contributed by atoms with van der Waals surface area (Å²) >= 11 is 0. The van der Waals surface area contributed by atoms with Crippen molar-refractivity contribution in [1.29, 1.82) is 0 Å². The van der Waals surface area contributed by atoms with Crippen molar-refractivity contribution >= 4 is 23.0 Å². The Morgan fingerprint density at radius 1 is 0.892 bits per heavy atom. The van der Waals surface area contributed by atoms with Crippen LogP contribution in [0.5, 0.6) is 0 Å². The van der Waals surface area contributed by atoms with Crippen molar-refractivity contribution in [3.8, 4) is 22.4 Å². The monoisotopic (exact) mass is 500 g/mol. The van der Waals surface area contributed by atoms with Crippen LogP contribution >= 0.6 is 0 Å². The van der Waals surface area contributed by atoms with Crippen molar-refractivity contribution in [3.63, 3.8) is 0 Å². The zero-order valence-corrected chi connectivity index (χ0v) is 19.5. The van der Waals surface area contributed by atoms with Crippen LogP contribution in [0, 0.1) is 0 Å². The maximum absolute atomic E-state index is 13.0. The Hall–Kier alpha value is -4.79. The van der Waals surface area contributed by atoms with Crippen LogP contribution in [-0.2, 0) is 6.18 Å². The summed E-state index contributed by atoms with van der Waals surface area (Å²) in [4.78, 5) is 29.3. The number of anilines is 1. The molecule has 0 fully saturated rings. The molecule has 2 heterocycles. The number of carbonyl (C=O) groups is 2. The number of nitrogens with one attached hydrogen (secondary N) is 1. The van der Waals surface area contributed by atoms with Crippen LogP contribution in [0.4, 0.5) is 18.9 Å². The van der Waals surface area contributed by atoms with E-state index in [0.29, 0.717) is 33.7 Å². The van der Waals surface area contributed by atoms with Gasteiger partial charge in [0.1, 0.15) is 0 Å². The molecule has 0 aliphatic carbocycles. The minimum Gasteiger partial charge on any atom is -0.322 e. The van der Waals surface area contributed by atoms with E-state index in [-0.39, 0.29) is 11.3 Å². The molecule has 3 aromatic carbocycles. The molecule has 0 bridgehead atoms. The molecule has 6 nitrogen and oxygen atoms in total. The second-order valence-electron chi connectivity index (χ2n) is 8.34. The number of fused-ring (bicyclic) bond motifs is 1. The number of alkyl halides is 3. The Balaban J connectivity index is 1.49. The maximum atomic E-state index is 13.0. The second-order valence-corrected chi connectivity index (χ2v) is 8.34. The third-order valence-corrected chi connectivity index (χ3v) is 5.87. The molecule has 0 unspecified atom stereocenters. The molecule has 0 aliphatic heterocycles. The van der Waals surface area contributed by atoms with Crippen molar-refractivity contribution in [2.24, 2.45) is 0 Å². The van der Waals surface area contributed by atoms with E-state index in [2.05, 4.69) is 15.4 Å². The van der Waals surface area contributed by atoms with E-state index in [9.17, 15) is 22.8 Å². The van der Waals surface area contributed by atoms with Crippen LogP contribution < -0.4 is 5.32 Å². The van der Waals surface area contributed by atoms with Crippen LogP contribution in [0.1, 0.15) is 33.2 Å². The summed E-state index contributed by atoms with van der Waals surface area (Å²) in [7, 11) is 0. The van der Waals surface area contributed by atoms with Gasteiger partial charge in [-0.1, -0.05) is 42.5 Å². The summed E-state index contributed by atoms with van der Waals surface area (Å²) in [6.45, 7) is 1.50. The summed E-state index contributed by atoms with van der Waals surface area (Å²) in [6.07, 6.45) is -1.27. The van der Waals surface area contributed by atoms with Gasteiger partial charge in [-0.3, -0.25) is 9.59 Å². The van der Waals surface area contributed by atoms with Crippen LogP contribution in [0.2, 0.25) is 0 Å². The fourth-order valence-corrected chi connectivity index (χ4v) is 4.12. The van der Waals surface area contributed by atoms with E-state index >= 15 is 0 Å². The van der Waals surface area contributed by atoms with Crippen molar-refractivity contribution in [1.82, 2.24) is 14.6 Å². The van der Waals surface area contributed by atoms with E-state index in [1.165, 1.54) is 19.1 Å². The number of nitrogens with zero attached hydrogens (tertiary/aromatic N) is 3. The molecule has 0 spiro atoms. The van der Waals surface area contributed by atoms with Crippen molar-refractivity contribution < 1.29 is 22.8 Å². The molecule has 0 saturated carbocycles. The van der Waals surface area contributed by atoms with Crippen LogP contribution in [0.15, 0.2) is 91.3 Å². The van der Waals surface area contributed by atoms with E-state index < -0.39 is 17.6 Å². The van der Waals surface area contributed by atoms with Gasteiger partial charge >= 0.3 is 6.18 Å². The Kier molecular flexibility index (Phi) is 6.04. The number of amides is 1. The molecule has 5 rings (SSSR count). The molecule has 1 N–H and O–H groups in total. The minimum atomic E-state index is -4.55. The quantitative estimate of drug-likeness (QED) is 0.278. The smallest absolute Gasteiger partial charge is 0.322 e. The summed E-state index contributed by atoms with van der Waals surface area (Å²) in [5, 5.41) is 7.15. The predicted octanol–water partition coefficient (Wildman–Crippen LogP) is 6.54. The van der Waals surface area contributed by atoms with E-state index in [1.807, 2.05) is 18.2 Å². The summed E-state index contributed by atoms with van der Waals surface area (Å²) in [6, 6.07) is 20.1. The van der Waals surface area contributed by atoms with Gasteiger partial charge in [0.15, 0.2) is 11.4 Å². The predicted molar refractivity (Wildman–Crippen MR) is 133 cm³/mol. The van der Waals surface area contributed by atoms with E-state index in [0.717, 1.165) is 17.7 Å². The molecule has 0 atom stereocenters. The molecule has 9 heteroatoms. The fraction of sp³-hybridized carbons (Fsp3) is 0.0714. The van der Waals surface area contributed by atoms with Gasteiger partial charge in [-0.05, 0) is 48.9 Å². The van der Waals surface area contributed by atoms with Crippen molar-refractivity contribution in [2.45, 2.75) is 13.1 Å². The summed E-state index contributed by atoms with van der Waals surface area (Å²) < 4.78 is 40.7. The highest BCUT2D eigenvalue weighted by molar-refractivity contribution is 6.05. The number of rotatable bonds is 5. The molecule has 37 heavy (non-hydrogen) atoms. The van der Waals surface area contributed by atoms with Crippen LogP contribution in [0.3, 0.4) is 0 Å². The van der Waals surface area contributed by atoms with Gasteiger partial charge in [-0.25, -0.2) is 9.50 Å². The fourth-order valence-electron chi connectivity index (χ4n) is 4.12. The SMILES string of the molecule is CC(=O)c1ccccc1-c1cnn2c(-c3cccc(NC(=O)c4cccc(C(F)(F)F)c4)c3)ccnc12. The van der Waals surface area contributed by atoms with E-state index in [4.69, 9.17) is 0 Å². The average Bonchev–Trinajstić information content (AvgIpc) is 3.32. The first-order valence-corrected chi connectivity index (χ1v) is 11.2. The van der Waals surface area contributed by atoms with Gasteiger partial charge in [0.25, 0.3) is 5.91 Å². The Labute approximate surface area is 209 Å². The second kappa shape index (κ2) is 9.34. The lowest BCUT2D eigenvalue weighted by Crippen LogP contribution is -2.14.